The van der Waals surface area contributed by atoms with Gasteiger partial charge in [-0.3, -0.25) is 0 Å². The van der Waals surface area contributed by atoms with Crippen LogP contribution in [0.5, 0.6) is 0 Å². The average Bonchev–Trinajstić information content (AvgIpc) is 2.41. The Labute approximate surface area is 73.6 Å². The van der Waals surface area contributed by atoms with Crippen molar-refractivity contribution >= 4 is 27.3 Å². The molecule has 0 saturated heterocycles. The van der Waals surface area contributed by atoms with Crippen LogP contribution in [0.1, 0.15) is 4.88 Å². The minimum absolute atomic E-state index is 0.887. The summed E-state index contributed by atoms with van der Waals surface area (Å²) in [4.78, 5) is 1.45. The average molecular weight is 220 g/mol. The van der Waals surface area contributed by atoms with Gasteiger partial charge >= 0.3 is 0 Å². The van der Waals surface area contributed by atoms with Crippen molar-refractivity contribution in [3.05, 3.63) is 22.4 Å². The van der Waals surface area contributed by atoms with E-state index in [4.69, 9.17) is 0 Å². The molecule has 1 nitrogen and oxygen atoms in total. The van der Waals surface area contributed by atoms with E-state index in [2.05, 4.69) is 38.8 Å². The molecule has 0 unspecified atom stereocenters. The van der Waals surface area contributed by atoms with Crippen LogP contribution < -0.4 is 5.32 Å². The fourth-order valence-electron chi connectivity index (χ4n) is 0.733. The van der Waals surface area contributed by atoms with Crippen molar-refractivity contribution in [2.75, 3.05) is 12.0 Å². The van der Waals surface area contributed by atoms with Gasteiger partial charge in [-0.2, -0.15) is 0 Å². The molecule has 0 atom stereocenters. The molecule has 1 N–H and O–H groups in total. The third-order valence-electron chi connectivity index (χ3n) is 1.22. The summed E-state index contributed by atoms with van der Waals surface area (Å²) in [6, 6.07) is 4.26. The van der Waals surface area contributed by atoms with E-state index in [1.807, 2.05) is 11.3 Å². The van der Waals surface area contributed by atoms with Gasteiger partial charge in [0.05, 0.1) is 5.45 Å². The standard InChI is InChI=1S/C7H10BrNS/c8-6-9-4-3-7-2-1-5-10-7/h1-2,5,9H,3-4,6H2. The molecule has 0 fully saturated rings. The first-order valence-corrected chi connectivity index (χ1v) is 5.22. The number of hydrogen-bond donors (Lipinski definition) is 1. The lowest BCUT2D eigenvalue weighted by molar-refractivity contribution is 0.786. The minimum Gasteiger partial charge on any atom is -0.307 e. The largest absolute Gasteiger partial charge is 0.307 e. The van der Waals surface area contributed by atoms with Gasteiger partial charge < -0.3 is 5.32 Å². The summed E-state index contributed by atoms with van der Waals surface area (Å²) in [6.45, 7) is 1.06. The zero-order valence-electron chi connectivity index (χ0n) is 5.64. The van der Waals surface area contributed by atoms with Crippen LogP contribution >= 0.6 is 27.3 Å². The molecule has 0 aliphatic heterocycles. The fourth-order valence-corrected chi connectivity index (χ4v) is 1.72. The van der Waals surface area contributed by atoms with Gasteiger partial charge in [0, 0.05) is 11.4 Å². The van der Waals surface area contributed by atoms with Gasteiger partial charge in [-0.15, -0.1) is 11.3 Å². The molecule has 3 heteroatoms. The Morgan fingerprint density at radius 1 is 1.60 bits per heavy atom. The van der Waals surface area contributed by atoms with Crippen molar-refractivity contribution in [2.45, 2.75) is 6.42 Å². The highest BCUT2D eigenvalue weighted by molar-refractivity contribution is 9.09. The van der Waals surface area contributed by atoms with Gasteiger partial charge in [0.1, 0.15) is 0 Å². The Balaban J connectivity index is 2.15. The summed E-state index contributed by atoms with van der Waals surface area (Å²) >= 11 is 5.12. The molecule has 1 aromatic rings. The first-order valence-electron chi connectivity index (χ1n) is 3.22. The number of nitrogens with one attached hydrogen (secondary N) is 1. The minimum atomic E-state index is 0.887. The first-order chi connectivity index (χ1) is 4.93. The van der Waals surface area contributed by atoms with Crippen molar-refractivity contribution < 1.29 is 0 Å². The Kier molecular flexibility index (Phi) is 4.02. The first kappa shape index (κ1) is 8.24. The molecule has 0 amide bonds. The third-order valence-corrected chi connectivity index (χ3v) is 2.56. The van der Waals surface area contributed by atoms with Crippen LogP contribution in [0.25, 0.3) is 0 Å². The summed E-state index contributed by atoms with van der Waals surface area (Å²) < 4.78 is 0. The quantitative estimate of drug-likeness (QED) is 0.466. The van der Waals surface area contributed by atoms with Crippen LogP contribution in [-0.2, 0) is 6.42 Å². The predicted molar refractivity (Wildman–Crippen MR) is 49.8 cm³/mol. The van der Waals surface area contributed by atoms with Crippen molar-refractivity contribution in [1.82, 2.24) is 5.32 Å². The number of thiophene rings is 1. The molecule has 1 aromatic heterocycles. The lowest BCUT2D eigenvalue weighted by atomic mass is 10.3. The van der Waals surface area contributed by atoms with Gasteiger partial charge in [-0.25, -0.2) is 0 Å². The second-order valence-corrected chi connectivity index (χ2v) is 3.56. The Morgan fingerprint density at radius 3 is 3.10 bits per heavy atom. The molecule has 1 heterocycles. The van der Waals surface area contributed by atoms with E-state index in [1.54, 1.807) is 0 Å². The highest BCUT2D eigenvalue weighted by Crippen LogP contribution is 2.07. The van der Waals surface area contributed by atoms with E-state index in [0.29, 0.717) is 0 Å². The lowest BCUT2D eigenvalue weighted by Crippen LogP contribution is -2.13. The molecule has 0 spiro atoms. The summed E-state index contributed by atoms with van der Waals surface area (Å²) in [5.41, 5.74) is 0.887. The molecule has 0 aliphatic rings. The van der Waals surface area contributed by atoms with Crippen LogP contribution in [0.15, 0.2) is 17.5 Å². The van der Waals surface area contributed by atoms with Crippen LogP contribution in [0, 0.1) is 0 Å². The smallest absolute Gasteiger partial charge is 0.0517 e. The van der Waals surface area contributed by atoms with Gasteiger partial charge in [-0.05, 0) is 17.9 Å². The second kappa shape index (κ2) is 4.88. The molecule has 0 radical (unpaired) electrons. The van der Waals surface area contributed by atoms with E-state index in [1.165, 1.54) is 4.88 Å². The van der Waals surface area contributed by atoms with E-state index >= 15 is 0 Å². The highest BCUT2D eigenvalue weighted by atomic mass is 79.9. The molecular weight excluding hydrogens is 210 g/mol. The highest BCUT2D eigenvalue weighted by Gasteiger charge is 1.90. The van der Waals surface area contributed by atoms with Crippen LogP contribution in [0.3, 0.4) is 0 Å². The molecular formula is C7H10BrNS. The van der Waals surface area contributed by atoms with E-state index < -0.39 is 0 Å². The van der Waals surface area contributed by atoms with E-state index in [-0.39, 0.29) is 0 Å². The summed E-state index contributed by atoms with van der Waals surface area (Å²) in [5.74, 6) is 0. The molecule has 0 aromatic carbocycles. The maximum Gasteiger partial charge on any atom is 0.0517 e. The normalized spacial score (nSPS) is 10.1. The lowest BCUT2D eigenvalue weighted by Gasteiger charge is -1.96. The predicted octanol–water partition coefficient (Wildman–Crippen LogP) is 2.23. The number of alkyl halides is 1. The molecule has 0 bridgehead atoms. The van der Waals surface area contributed by atoms with Crippen LogP contribution in [0.2, 0.25) is 0 Å². The zero-order chi connectivity index (χ0) is 7.23. The molecule has 1 rings (SSSR count). The topological polar surface area (TPSA) is 12.0 Å². The van der Waals surface area contributed by atoms with Crippen molar-refractivity contribution in [2.24, 2.45) is 0 Å². The SMILES string of the molecule is BrCNCCc1cccs1. The van der Waals surface area contributed by atoms with Gasteiger partial charge in [0.2, 0.25) is 0 Å². The van der Waals surface area contributed by atoms with Crippen molar-refractivity contribution in [1.29, 1.82) is 0 Å². The maximum absolute atomic E-state index is 3.31. The van der Waals surface area contributed by atoms with E-state index in [9.17, 15) is 0 Å². The van der Waals surface area contributed by atoms with E-state index in [0.717, 1.165) is 18.4 Å². The number of rotatable bonds is 4. The van der Waals surface area contributed by atoms with Crippen LogP contribution in [0.4, 0.5) is 0 Å². The van der Waals surface area contributed by atoms with Crippen LogP contribution in [-0.4, -0.2) is 12.0 Å². The Hall–Kier alpha value is 0.140. The number of hydrogen-bond acceptors (Lipinski definition) is 2. The number of halogens is 1. The summed E-state index contributed by atoms with van der Waals surface area (Å²) in [5, 5.41) is 5.32. The maximum atomic E-state index is 3.31. The monoisotopic (exact) mass is 219 g/mol. The van der Waals surface area contributed by atoms with Crippen molar-refractivity contribution in [3.63, 3.8) is 0 Å². The molecule has 0 saturated carbocycles. The van der Waals surface area contributed by atoms with Crippen molar-refractivity contribution in [3.8, 4) is 0 Å². The Morgan fingerprint density at radius 2 is 2.50 bits per heavy atom. The summed E-state index contributed by atoms with van der Waals surface area (Å²) in [6.07, 6.45) is 1.14. The molecule has 0 aliphatic carbocycles. The van der Waals surface area contributed by atoms with Gasteiger partial charge in [-0.1, -0.05) is 22.0 Å². The zero-order valence-corrected chi connectivity index (χ0v) is 8.04. The second-order valence-electron chi connectivity index (χ2n) is 1.96. The van der Waals surface area contributed by atoms with Gasteiger partial charge in [0.15, 0.2) is 0 Å². The molecule has 56 valence electrons. The summed E-state index contributed by atoms with van der Waals surface area (Å²) in [7, 11) is 0. The van der Waals surface area contributed by atoms with Gasteiger partial charge in [0.25, 0.3) is 0 Å². The molecule has 10 heavy (non-hydrogen) atoms. The fraction of sp³-hybridized carbons (Fsp3) is 0.429. The Bertz CT molecular complexity index is 162. The third kappa shape index (κ3) is 2.82.